The zero-order chi connectivity index (χ0) is 74.7. The molecule has 0 aliphatic carbocycles. The Kier molecular flexibility index (Phi) is 27.8. The lowest BCUT2D eigenvalue weighted by molar-refractivity contribution is 0.808. The first kappa shape index (κ1) is 84.3. The highest BCUT2D eigenvalue weighted by atomic mass is 35.6. The topological polar surface area (TPSA) is 0 Å². The summed E-state index contributed by atoms with van der Waals surface area (Å²) in [5.74, 6) is 2.18. The van der Waals surface area contributed by atoms with Gasteiger partial charge in [0.05, 0.1) is 0 Å². The zero-order valence-electron chi connectivity index (χ0n) is 68.8. The van der Waals surface area contributed by atoms with Crippen LogP contribution in [0.5, 0.6) is 0 Å². The van der Waals surface area contributed by atoms with E-state index >= 15 is 0 Å². The summed E-state index contributed by atoms with van der Waals surface area (Å²) in [4.78, 5) is 0. The van der Waals surface area contributed by atoms with Crippen molar-refractivity contribution in [2.24, 2.45) is 0 Å². The molecule has 0 amide bonds. The van der Waals surface area contributed by atoms with Crippen LogP contribution in [0, 0.1) is 0 Å². The van der Waals surface area contributed by atoms with Gasteiger partial charge < -0.3 is 0 Å². The minimum absolute atomic E-state index is 0.0287. The van der Waals surface area contributed by atoms with E-state index in [2.05, 4.69) is 322 Å². The first-order valence-electron chi connectivity index (χ1n) is 38.9. The molecular weight excluding hydrogens is 1340 g/mol. The molecule has 6 aromatic rings. The maximum Gasteiger partial charge on any atom is 0.228 e. The van der Waals surface area contributed by atoms with Crippen LogP contribution in [0.4, 0.5) is 0 Å². The van der Waals surface area contributed by atoms with Crippen molar-refractivity contribution in [3.05, 3.63) is 173 Å². The number of hydrogen-bond donors (Lipinski definition) is 0. The molecule has 6 rings (SSSR count). The van der Waals surface area contributed by atoms with Gasteiger partial charge in [-0.1, -0.05) is 322 Å². The Hall–Kier alpha value is -2.65. The molecule has 0 saturated carbocycles. The SMILES string of the molecule is CC(C)c1cc(C(C)C)c([Si](Cl)(c2c(C(C)C)cc(C(C)C)cc2C(C)C)[Si](Cl)(c2c(C(C)C)cc(C(C)C)cc2C(C)C)[Si](Cl)(c2c(C(C)C)cc(C(C)C)cc2C(C)C)[Si](Cl)(c2c(C(C)C)cc(C(C)C)cc2C(C)C)c2c(C(C)C)cc(C(C)C)cc2C(C)C)c(C(C)C)c1. The summed E-state index contributed by atoms with van der Waals surface area (Å²) in [6, 6.07) is 31.4. The van der Waals surface area contributed by atoms with E-state index in [1.165, 1.54) is 131 Å². The molecule has 2 unspecified atom stereocenters. The quantitative estimate of drug-likeness (QED) is 0.0356. The molecule has 0 heterocycles. The summed E-state index contributed by atoms with van der Waals surface area (Å²) >= 11 is 45.3. The molecule has 0 radical (unpaired) electrons. The fourth-order valence-electron chi connectivity index (χ4n) is 16.2. The Labute approximate surface area is 625 Å². The van der Waals surface area contributed by atoms with Crippen LogP contribution in [0.2, 0.25) is 0 Å². The Morgan fingerprint density at radius 2 is 0.245 bits per heavy atom. The van der Waals surface area contributed by atoms with Crippen LogP contribution in [0.3, 0.4) is 0 Å². The molecule has 542 valence electrons. The van der Waals surface area contributed by atoms with Gasteiger partial charge in [-0.3, -0.25) is 0 Å². The van der Waals surface area contributed by atoms with E-state index in [9.17, 15) is 44.3 Å². The molecular formula is C90H138Cl4Si4. The first-order valence-corrected chi connectivity index (χ1v) is 54.0. The normalized spacial score (nSPS) is 14.5. The largest absolute Gasteiger partial charge is 0.228 e. The van der Waals surface area contributed by atoms with E-state index in [4.69, 9.17) is 0 Å². The average Bonchev–Trinajstić information content (AvgIpc) is 0.650. The summed E-state index contributed by atoms with van der Waals surface area (Å²) in [6.07, 6.45) is -9.63. The van der Waals surface area contributed by atoms with Gasteiger partial charge >= 0.3 is 0 Å². The lowest BCUT2D eigenvalue weighted by atomic mass is 9.89. The highest BCUT2D eigenvalue weighted by Crippen LogP contribution is 2.53. The zero-order valence-corrected chi connectivity index (χ0v) is 75.9. The van der Waals surface area contributed by atoms with E-state index in [-0.39, 0.29) is 107 Å². The molecule has 0 aromatic heterocycles. The van der Waals surface area contributed by atoms with Crippen LogP contribution >= 0.6 is 44.3 Å². The molecule has 0 nitrogen and oxygen atoms in total. The van der Waals surface area contributed by atoms with Crippen molar-refractivity contribution in [2.75, 3.05) is 0 Å². The van der Waals surface area contributed by atoms with E-state index in [0.29, 0.717) is 0 Å². The fourth-order valence-corrected chi connectivity index (χ4v) is 106. The van der Waals surface area contributed by atoms with Crippen molar-refractivity contribution in [2.45, 2.75) is 356 Å². The molecule has 0 bridgehead atoms. The van der Waals surface area contributed by atoms with Gasteiger partial charge in [0.2, 0.25) is 26.6 Å². The monoisotopic (exact) mass is 1470 g/mol. The summed E-state index contributed by atoms with van der Waals surface area (Å²) in [6.45, 7) is 78.3. The average molecular weight is 1470 g/mol. The lowest BCUT2D eigenvalue weighted by Crippen LogP contribution is -2.97. The number of rotatable bonds is 27. The van der Waals surface area contributed by atoms with Crippen molar-refractivity contribution < 1.29 is 0 Å². The smallest absolute Gasteiger partial charge is 0.164 e. The van der Waals surface area contributed by atoms with Crippen LogP contribution < -0.4 is 31.1 Å². The van der Waals surface area contributed by atoms with Gasteiger partial charge in [-0.25, -0.2) is 0 Å². The van der Waals surface area contributed by atoms with Gasteiger partial charge in [0, 0.05) is 0 Å². The van der Waals surface area contributed by atoms with Crippen LogP contribution in [0.15, 0.2) is 72.8 Å². The van der Waals surface area contributed by atoms with Crippen LogP contribution in [0.25, 0.3) is 0 Å². The Bertz CT molecular complexity index is 3200. The minimum atomic E-state index is -4.82. The molecule has 0 saturated heterocycles. The van der Waals surface area contributed by atoms with Gasteiger partial charge in [-0.15, -0.1) is 0 Å². The van der Waals surface area contributed by atoms with Gasteiger partial charge in [0.15, 0.2) is 0 Å². The Balaban J connectivity index is 2.56. The van der Waals surface area contributed by atoms with Crippen LogP contribution in [-0.2, 0) is 0 Å². The second kappa shape index (κ2) is 32.4. The maximum absolute atomic E-state index is 11.5. The third-order valence-electron chi connectivity index (χ3n) is 22.3. The molecule has 8 heteroatoms. The molecule has 2 atom stereocenters. The predicted octanol–water partition coefficient (Wildman–Crippen LogP) is 26.6. The van der Waals surface area contributed by atoms with Crippen LogP contribution in [-0.4, -0.2) is 26.6 Å². The molecule has 0 aliphatic rings. The van der Waals surface area contributed by atoms with Gasteiger partial charge in [-0.05, 0) is 238 Å². The summed E-state index contributed by atoms with van der Waals surface area (Å²) in [5, 5.41) is 7.80. The van der Waals surface area contributed by atoms with Crippen molar-refractivity contribution in [1.82, 2.24) is 0 Å². The predicted molar refractivity (Wildman–Crippen MR) is 456 cm³/mol. The van der Waals surface area contributed by atoms with Crippen molar-refractivity contribution in [3.8, 4) is 0 Å². The number of halogens is 4. The third kappa shape index (κ3) is 15.3. The highest BCUT2D eigenvalue weighted by Gasteiger charge is 2.81. The maximum atomic E-state index is 11.5. The van der Waals surface area contributed by atoms with Crippen molar-refractivity contribution >= 4 is 102 Å². The number of hydrogen-bond acceptors (Lipinski definition) is 0. The van der Waals surface area contributed by atoms with Gasteiger partial charge in [-0.2, -0.15) is 44.3 Å². The van der Waals surface area contributed by atoms with E-state index in [1.807, 2.05) is 0 Å². The van der Waals surface area contributed by atoms with Crippen molar-refractivity contribution in [3.63, 3.8) is 0 Å². The lowest BCUT2D eigenvalue weighted by Gasteiger charge is -2.58. The molecule has 0 N–H and O–H groups in total. The Morgan fingerprint density at radius 3 is 0.327 bits per heavy atom. The van der Waals surface area contributed by atoms with E-state index in [0.717, 1.165) is 0 Å². The molecule has 0 aliphatic heterocycles. The second-order valence-electron chi connectivity index (χ2n) is 35.9. The molecule has 98 heavy (non-hydrogen) atoms. The first-order chi connectivity index (χ1) is 45.1. The molecule has 0 spiro atoms. The van der Waals surface area contributed by atoms with Gasteiger partial charge in [0.25, 0.3) is 0 Å². The van der Waals surface area contributed by atoms with E-state index < -0.39 is 26.6 Å². The minimum Gasteiger partial charge on any atom is -0.164 e. The van der Waals surface area contributed by atoms with E-state index in [1.54, 1.807) is 0 Å². The fraction of sp³-hybridized carbons (Fsp3) is 0.600. The number of benzene rings is 6. The third-order valence-corrected chi connectivity index (χ3v) is 90.1. The summed E-state index contributed by atoms with van der Waals surface area (Å²) in [5.41, 5.74) is 23.9. The Morgan fingerprint density at radius 1 is 0.153 bits per heavy atom. The van der Waals surface area contributed by atoms with Crippen LogP contribution in [0.1, 0.15) is 456 Å². The second-order valence-corrected chi connectivity index (χ2v) is 73.1. The van der Waals surface area contributed by atoms with Gasteiger partial charge in [0.1, 0.15) is 0 Å². The summed E-state index contributed by atoms with van der Waals surface area (Å²) < 4.78 is 0. The molecule has 0 fully saturated rings. The van der Waals surface area contributed by atoms with Crippen molar-refractivity contribution in [1.29, 1.82) is 0 Å². The molecule has 6 aromatic carbocycles. The standard InChI is InChI=1S/C90H138Cl4Si4/c1-49(2)67-37-73(55(13)14)85(74(38-67)56(15)16)95(91,86-75(57(17)18)39-68(50(3)4)40-76(86)58(19)20)97(93,89-81(63(29)30)45-71(53(9)10)46-82(89)64(31)32)98(94,90-83(65(33)34)47-72(54(11)12)48-84(90)66(35)36)96(92,87-77(59(21)22)41-69(51(5)6)42-78(87)60(23)24)88-79(61(25)26)43-70(52(7)8)44-80(88)62(27)28/h37-66H,1-36H3. The summed E-state index contributed by atoms with van der Waals surface area (Å²) in [7, 11) is 0. The highest BCUT2D eigenvalue weighted by molar-refractivity contribution is 8.16.